The maximum Gasteiger partial charge on any atom is 0.239 e. The fourth-order valence-electron chi connectivity index (χ4n) is 2.20. The van der Waals surface area contributed by atoms with Gasteiger partial charge in [-0.15, -0.1) is 0 Å². The van der Waals surface area contributed by atoms with E-state index >= 15 is 0 Å². The van der Waals surface area contributed by atoms with Crippen molar-refractivity contribution in [3.63, 3.8) is 0 Å². The first-order chi connectivity index (χ1) is 8.65. The standard InChI is InChI=1S/C12H14N4O2/c13-9-1-3-15-11-8(9)5-7(18-11)6-16-4-2-10(14)12(16)17/h1,3,5,10H,2,4,6,14H2,(H2,13,15)/t10-/m0/s1. The van der Waals surface area contributed by atoms with Crippen LogP contribution in [0, 0.1) is 0 Å². The van der Waals surface area contributed by atoms with Crippen LogP contribution in [-0.2, 0) is 11.3 Å². The van der Waals surface area contributed by atoms with Crippen LogP contribution in [0.1, 0.15) is 12.2 Å². The van der Waals surface area contributed by atoms with Gasteiger partial charge in [0.15, 0.2) is 0 Å². The zero-order valence-electron chi connectivity index (χ0n) is 9.80. The number of hydrogen-bond donors (Lipinski definition) is 2. The Bertz CT molecular complexity index is 607. The first-order valence-electron chi connectivity index (χ1n) is 5.82. The highest BCUT2D eigenvalue weighted by Gasteiger charge is 2.29. The van der Waals surface area contributed by atoms with Crippen molar-refractivity contribution in [1.82, 2.24) is 9.88 Å². The molecule has 6 heteroatoms. The van der Waals surface area contributed by atoms with E-state index in [0.29, 0.717) is 36.7 Å². The molecule has 6 nitrogen and oxygen atoms in total. The molecule has 2 aromatic rings. The fourth-order valence-corrected chi connectivity index (χ4v) is 2.20. The van der Waals surface area contributed by atoms with Gasteiger partial charge >= 0.3 is 0 Å². The summed E-state index contributed by atoms with van der Waals surface area (Å²) in [5.74, 6) is 0.647. The molecule has 0 saturated carbocycles. The van der Waals surface area contributed by atoms with Gasteiger partial charge < -0.3 is 20.8 Å². The topological polar surface area (TPSA) is 98.4 Å². The number of carbonyl (C=O) groups excluding carboxylic acids is 1. The van der Waals surface area contributed by atoms with Crippen molar-refractivity contribution in [3.8, 4) is 0 Å². The average Bonchev–Trinajstić information content (AvgIpc) is 2.89. The molecule has 1 aliphatic heterocycles. The molecule has 1 saturated heterocycles. The van der Waals surface area contributed by atoms with E-state index in [1.165, 1.54) is 0 Å². The van der Waals surface area contributed by atoms with Crippen LogP contribution in [0.15, 0.2) is 22.7 Å². The lowest BCUT2D eigenvalue weighted by Gasteiger charge is -2.13. The van der Waals surface area contributed by atoms with E-state index in [0.717, 1.165) is 5.39 Å². The van der Waals surface area contributed by atoms with Gasteiger partial charge in [-0.1, -0.05) is 0 Å². The minimum atomic E-state index is -0.377. The Balaban J connectivity index is 1.87. The van der Waals surface area contributed by atoms with Crippen LogP contribution >= 0.6 is 0 Å². The van der Waals surface area contributed by atoms with Gasteiger partial charge in [-0.2, -0.15) is 0 Å². The number of fused-ring (bicyclic) bond motifs is 1. The number of amides is 1. The molecule has 0 aliphatic carbocycles. The normalized spacial score (nSPS) is 19.9. The Morgan fingerprint density at radius 1 is 1.56 bits per heavy atom. The lowest BCUT2D eigenvalue weighted by Crippen LogP contribution is -2.33. The highest BCUT2D eigenvalue weighted by Crippen LogP contribution is 2.24. The van der Waals surface area contributed by atoms with Crippen LogP contribution in [0.4, 0.5) is 5.69 Å². The molecule has 0 radical (unpaired) electrons. The molecule has 1 atom stereocenters. The fraction of sp³-hybridized carbons (Fsp3) is 0.333. The van der Waals surface area contributed by atoms with Crippen LogP contribution < -0.4 is 11.5 Å². The predicted octanol–water partition coefficient (Wildman–Crippen LogP) is 0.470. The van der Waals surface area contributed by atoms with Gasteiger partial charge in [0.05, 0.1) is 18.0 Å². The molecular weight excluding hydrogens is 232 g/mol. The molecule has 3 rings (SSSR count). The van der Waals surface area contributed by atoms with Crippen molar-refractivity contribution in [2.75, 3.05) is 12.3 Å². The summed E-state index contributed by atoms with van der Waals surface area (Å²) in [4.78, 5) is 17.5. The molecule has 0 unspecified atom stereocenters. The van der Waals surface area contributed by atoms with Gasteiger partial charge in [-0.05, 0) is 18.6 Å². The second-order valence-corrected chi connectivity index (χ2v) is 4.49. The Kier molecular flexibility index (Phi) is 2.45. The Labute approximate surface area is 104 Å². The maximum atomic E-state index is 11.7. The molecule has 3 heterocycles. The largest absolute Gasteiger partial charge is 0.441 e. The van der Waals surface area contributed by atoms with Crippen LogP contribution in [0.5, 0.6) is 0 Å². The Morgan fingerprint density at radius 2 is 2.39 bits per heavy atom. The van der Waals surface area contributed by atoms with Gasteiger partial charge in [0.25, 0.3) is 0 Å². The highest BCUT2D eigenvalue weighted by atomic mass is 16.3. The number of carbonyl (C=O) groups is 1. The van der Waals surface area contributed by atoms with Crippen molar-refractivity contribution in [2.45, 2.75) is 19.0 Å². The monoisotopic (exact) mass is 246 g/mol. The van der Waals surface area contributed by atoms with Crippen molar-refractivity contribution in [2.24, 2.45) is 5.73 Å². The number of rotatable bonds is 2. The van der Waals surface area contributed by atoms with E-state index in [9.17, 15) is 4.79 Å². The van der Waals surface area contributed by atoms with E-state index in [1.807, 2.05) is 6.07 Å². The van der Waals surface area contributed by atoms with Crippen molar-refractivity contribution in [3.05, 3.63) is 24.1 Å². The second-order valence-electron chi connectivity index (χ2n) is 4.49. The number of anilines is 1. The van der Waals surface area contributed by atoms with Gasteiger partial charge in [-0.3, -0.25) is 4.79 Å². The summed E-state index contributed by atoms with van der Waals surface area (Å²) in [7, 11) is 0. The van der Waals surface area contributed by atoms with E-state index < -0.39 is 0 Å². The molecule has 4 N–H and O–H groups in total. The predicted molar refractivity (Wildman–Crippen MR) is 66.4 cm³/mol. The summed E-state index contributed by atoms with van der Waals surface area (Å²) in [5.41, 5.74) is 12.6. The molecule has 18 heavy (non-hydrogen) atoms. The van der Waals surface area contributed by atoms with Crippen LogP contribution in [0.25, 0.3) is 11.1 Å². The zero-order valence-corrected chi connectivity index (χ0v) is 9.80. The molecule has 1 aliphatic rings. The number of pyridine rings is 1. The zero-order chi connectivity index (χ0) is 12.7. The van der Waals surface area contributed by atoms with Crippen LogP contribution in [-0.4, -0.2) is 28.4 Å². The van der Waals surface area contributed by atoms with Crippen LogP contribution in [0.3, 0.4) is 0 Å². The summed E-state index contributed by atoms with van der Waals surface area (Å²) in [5, 5.41) is 0.781. The average molecular weight is 246 g/mol. The van der Waals surface area contributed by atoms with Gasteiger partial charge in [0.2, 0.25) is 11.6 Å². The number of hydrogen-bond acceptors (Lipinski definition) is 5. The van der Waals surface area contributed by atoms with Gasteiger partial charge in [0.1, 0.15) is 5.76 Å². The van der Waals surface area contributed by atoms with E-state index in [-0.39, 0.29) is 11.9 Å². The third kappa shape index (κ3) is 1.70. The minimum Gasteiger partial charge on any atom is -0.441 e. The van der Waals surface area contributed by atoms with Crippen LogP contribution in [0.2, 0.25) is 0 Å². The Hall–Kier alpha value is -2.08. The number of nitrogen functional groups attached to an aromatic ring is 1. The minimum absolute atomic E-state index is 0.0311. The van der Waals surface area contributed by atoms with Crippen molar-refractivity contribution >= 4 is 22.7 Å². The van der Waals surface area contributed by atoms with E-state index in [4.69, 9.17) is 15.9 Å². The molecule has 0 spiro atoms. The highest BCUT2D eigenvalue weighted by molar-refractivity contribution is 5.87. The number of furan rings is 1. The van der Waals surface area contributed by atoms with Crippen molar-refractivity contribution in [1.29, 1.82) is 0 Å². The Morgan fingerprint density at radius 3 is 3.06 bits per heavy atom. The quantitative estimate of drug-likeness (QED) is 0.802. The lowest BCUT2D eigenvalue weighted by molar-refractivity contribution is -0.129. The first-order valence-corrected chi connectivity index (χ1v) is 5.82. The summed E-state index contributed by atoms with van der Waals surface area (Å²) in [6.07, 6.45) is 2.29. The second kappa shape index (κ2) is 3.99. The van der Waals surface area contributed by atoms with Gasteiger partial charge in [0, 0.05) is 18.4 Å². The third-order valence-electron chi connectivity index (χ3n) is 3.21. The third-order valence-corrected chi connectivity index (χ3v) is 3.21. The SMILES string of the molecule is Nc1ccnc2oc(CN3CC[C@H](N)C3=O)cc12. The number of likely N-dealkylation sites (tertiary alicyclic amines) is 1. The molecule has 1 amide bonds. The molecule has 1 fully saturated rings. The lowest BCUT2D eigenvalue weighted by atomic mass is 10.3. The van der Waals surface area contributed by atoms with E-state index in [1.54, 1.807) is 17.2 Å². The summed E-state index contributed by atoms with van der Waals surface area (Å²) < 4.78 is 5.57. The summed E-state index contributed by atoms with van der Waals surface area (Å²) >= 11 is 0. The number of nitrogens with zero attached hydrogens (tertiary/aromatic N) is 2. The number of aromatic nitrogens is 1. The molecular formula is C12H14N4O2. The van der Waals surface area contributed by atoms with E-state index in [2.05, 4.69) is 4.98 Å². The summed E-state index contributed by atoms with van der Waals surface area (Å²) in [6, 6.07) is 3.17. The summed E-state index contributed by atoms with van der Waals surface area (Å²) in [6.45, 7) is 1.09. The molecule has 0 bridgehead atoms. The molecule has 0 aromatic carbocycles. The van der Waals surface area contributed by atoms with Crippen molar-refractivity contribution < 1.29 is 9.21 Å². The van der Waals surface area contributed by atoms with Gasteiger partial charge in [-0.25, -0.2) is 4.98 Å². The number of nitrogens with two attached hydrogens (primary N) is 2. The molecule has 2 aromatic heterocycles. The molecule has 94 valence electrons. The maximum absolute atomic E-state index is 11.7. The first kappa shape index (κ1) is 11.0. The smallest absolute Gasteiger partial charge is 0.239 e.